The van der Waals surface area contributed by atoms with Gasteiger partial charge in [-0.3, -0.25) is 0 Å². The molecule has 0 aromatic carbocycles. The lowest BCUT2D eigenvalue weighted by molar-refractivity contribution is -0.0673. The summed E-state index contributed by atoms with van der Waals surface area (Å²) in [5.74, 6) is 4.36. The van der Waals surface area contributed by atoms with E-state index in [1.54, 1.807) is 0 Å². The first-order valence-corrected chi connectivity index (χ1v) is 11.8. The number of rotatable bonds is 7. The van der Waals surface area contributed by atoms with Crippen LogP contribution in [-0.4, -0.2) is 38.6 Å². The Kier molecular flexibility index (Phi) is 8.47. The maximum Gasteiger partial charge on any atom is 0.0603 e. The molecule has 3 aliphatic heterocycles. The van der Waals surface area contributed by atoms with E-state index in [1.807, 2.05) is 0 Å². The van der Waals surface area contributed by atoms with Crippen molar-refractivity contribution in [2.75, 3.05) is 26.4 Å². The third-order valence-corrected chi connectivity index (χ3v) is 7.58. The van der Waals surface area contributed by atoms with E-state index in [4.69, 9.17) is 14.2 Å². The van der Waals surface area contributed by atoms with Crippen LogP contribution in [0.15, 0.2) is 0 Å². The molecule has 5 unspecified atom stereocenters. The molecule has 0 saturated carbocycles. The second-order valence-corrected chi connectivity index (χ2v) is 10.3. The molecule has 0 N–H and O–H groups in total. The number of ether oxygens (including phenoxy) is 3. The van der Waals surface area contributed by atoms with Crippen LogP contribution in [0.3, 0.4) is 0 Å². The predicted molar refractivity (Wildman–Crippen MR) is 111 cm³/mol. The van der Waals surface area contributed by atoms with Gasteiger partial charge in [0.1, 0.15) is 0 Å². The molecule has 0 spiro atoms. The zero-order valence-corrected chi connectivity index (χ0v) is 18.3. The molecule has 3 aliphatic rings. The second-order valence-electron chi connectivity index (χ2n) is 10.3. The van der Waals surface area contributed by atoms with E-state index in [-0.39, 0.29) is 0 Å². The van der Waals surface area contributed by atoms with Gasteiger partial charge in [-0.25, -0.2) is 0 Å². The van der Waals surface area contributed by atoms with Gasteiger partial charge in [0, 0.05) is 26.4 Å². The van der Waals surface area contributed by atoms with Gasteiger partial charge >= 0.3 is 0 Å². The molecule has 0 bridgehead atoms. The fraction of sp³-hybridized carbons (Fsp3) is 1.00. The number of hydrogen-bond donors (Lipinski definition) is 0. The van der Waals surface area contributed by atoms with Crippen LogP contribution in [0.1, 0.15) is 79.1 Å². The van der Waals surface area contributed by atoms with Crippen molar-refractivity contribution in [3.05, 3.63) is 0 Å². The minimum Gasteiger partial charge on any atom is -0.381 e. The maximum absolute atomic E-state index is 6.24. The zero-order chi connectivity index (χ0) is 19.2. The van der Waals surface area contributed by atoms with Crippen molar-refractivity contribution in [2.45, 2.75) is 91.3 Å². The Labute approximate surface area is 167 Å². The maximum atomic E-state index is 6.24. The van der Waals surface area contributed by atoms with Gasteiger partial charge in [0.15, 0.2) is 0 Å². The van der Waals surface area contributed by atoms with E-state index in [1.165, 1.54) is 51.4 Å². The van der Waals surface area contributed by atoms with E-state index in [2.05, 4.69) is 27.7 Å². The summed E-state index contributed by atoms with van der Waals surface area (Å²) >= 11 is 0. The molecule has 3 saturated heterocycles. The minimum atomic E-state index is 0.447. The Hall–Kier alpha value is -0.120. The van der Waals surface area contributed by atoms with Gasteiger partial charge in [-0.2, -0.15) is 0 Å². The fourth-order valence-corrected chi connectivity index (χ4v) is 5.66. The molecule has 3 fully saturated rings. The first kappa shape index (κ1) is 21.6. The van der Waals surface area contributed by atoms with Crippen LogP contribution in [0.2, 0.25) is 0 Å². The van der Waals surface area contributed by atoms with Gasteiger partial charge in [0.05, 0.1) is 12.2 Å². The largest absolute Gasteiger partial charge is 0.381 e. The highest BCUT2D eigenvalue weighted by atomic mass is 16.5. The highest BCUT2D eigenvalue weighted by Gasteiger charge is 2.33. The normalized spacial score (nSPS) is 37.9. The van der Waals surface area contributed by atoms with E-state index in [0.29, 0.717) is 24.0 Å². The summed E-state index contributed by atoms with van der Waals surface area (Å²) in [5, 5.41) is 0. The van der Waals surface area contributed by atoms with E-state index < -0.39 is 0 Å². The first-order chi connectivity index (χ1) is 13.0. The van der Waals surface area contributed by atoms with Crippen LogP contribution in [0, 0.1) is 35.5 Å². The molecule has 0 aliphatic carbocycles. The summed E-state index contributed by atoms with van der Waals surface area (Å²) in [6.45, 7) is 13.4. The van der Waals surface area contributed by atoms with Gasteiger partial charge in [-0.15, -0.1) is 0 Å². The lowest BCUT2D eigenvalue weighted by Gasteiger charge is -2.38. The Bertz CT molecular complexity index is 418. The predicted octanol–water partition coefficient (Wildman–Crippen LogP) is 5.71. The molecule has 3 nitrogen and oxygen atoms in total. The summed E-state index contributed by atoms with van der Waals surface area (Å²) in [6, 6.07) is 0. The lowest BCUT2D eigenvalue weighted by Crippen LogP contribution is -2.36. The van der Waals surface area contributed by atoms with Crippen LogP contribution in [0.5, 0.6) is 0 Å². The second kappa shape index (κ2) is 10.6. The fourth-order valence-electron chi connectivity index (χ4n) is 5.66. The average Bonchev–Trinajstić information content (AvgIpc) is 2.69. The van der Waals surface area contributed by atoms with Crippen molar-refractivity contribution < 1.29 is 14.2 Å². The lowest BCUT2D eigenvalue weighted by atomic mass is 9.77. The third-order valence-electron chi connectivity index (χ3n) is 7.58. The van der Waals surface area contributed by atoms with Crippen LogP contribution in [0.25, 0.3) is 0 Å². The van der Waals surface area contributed by atoms with E-state index >= 15 is 0 Å². The molecule has 7 atom stereocenters. The third kappa shape index (κ3) is 6.44. The van der Waals surface area contributed by atoms with Crippen molar-refractivity contribution in [1.82, 2.24) is 0 Å². The molecule has 27 heavy (non-hydrogen) atoms. The highest BCUT2D eigenvalue weighted by Crippen LogP contribution is 2.36. The molecule has 0 radical (unpaired) electrons. The van der Waals surface area contributed by atoms with Crippen LogP contribution in [-0.2, 0) is 14.2 Å². The molecular weight excluding hydrogens is 336 g/mol. The molecule has 0 aromatic heterocycles. The molecule has 3 heteroatoms. The standard InChI is InChI=1S/C24H44O3/c1-17(2)22-13-21(15-25-16-22)12-19(4)24-14-20(8-10-27-24)11-18(3)23-7-5-6-9-26-23/h17-24H,5-16H2,1-4H3/t18?,19?,20?,21?,22-,23+,24?/m1/s1. The summed E-state index contributed by atoms with van der Waals surface area (Å²) in [4.78, 5) is 0. The average molecular weight is 381 g/mol. The summed E-state index contributed by atoms with van der Waals surface area (Å²) in [7, 11) is 0. The van der Waals surface area contributed by atoms with Crippen LogP contribution >= 0.6 is 0 Å². The molecular formula is C24H44O3. The molecule has 0 amide bonds. The molecule has 3 rings (SSSR count). The summed E-state index contributed by atoms with van der Waals surface area (Å²) in [6.07, 6.45) is 11.2. The Balaban J connectivity index is 1.44. The Morgan fingerprint density at radius 2 is 1.48 bits per heavy atom. The minimum absolute atomic E-state index is 0.447. The van der Waals surface area contributed by atoms with Crippen molar-refractivity contribution in [2.24, 2.45) is 35.5 Å². The highest BCUT2D eigenvalue weighted by molar-refractivity contribution is 4.82. The SMILES string of the molecule is CC(CC1COC[C@H](C(C)C)C1)C1CC(CC(C)[C@@H]2CCCCO2)CCO1. The Morgan fingerprint density at radius 3 is 2.22 bits per heavy atom. The monoisotopic (exact) mass is 380 g/mol. The van der Waals surface area contributed by atoms with Crippen LogP contribution < -0.4 is 0 Å². The van der Waals surface area contributed by atoms with Crippen LogP contribution in [0.4, 0.5) is 0 Å². The van der Waals surface area contributed by atoms with Crippen molar-refractivity contribution >= 4 is 0 Å². The summed E-state index contributed by atoms with van der Waals surface area (Å²) in [5.41, 5.74) is 0. The molecule has 0 aromatic rings. The van der Waals surface area contributed by atoms with Gasteiger partial charge in [0.2, 0.25) is 0 Å². The molecule has 3 heterocycles. The number of hydrogen-bond acceptors (Lipinski definition) is 3. The van der Waals surface area contributed by atoms with Gasteiger partial charge in [0.25, 0.3) is 0 Å². The topological polar surface area (TPSA) is 27.7 Å². The summed E-state index contributed by atoms with van der Waals surface area (Å²) < 4.78 is 18.2. The van der Waals surface area contributed by atoms with Gasteiger partial charge in [-0.1, -0.05) is 27.7 Å². The van der Waals surface area contributed by atoms with Crippen molar-refractivity contribution in [3.8, 4) is 0 Å². The van der Waals surface area contributed by atoms with E-state index in [0.717, 1.165) is 50.1 Å². The first-order valence-electron chi connectivity index (χ1n) is 11.8. The quantitative estimate of drug-likeness (QED) is 0.566. The molecule has 158 valence electrons. The van der Waals surface area contributed by atoms with Gasteiger partial charge in [-0.05, 0) is 86.9 Å². The van der Waals surface area contributed by atoms with E-state index in [9.17, 15) is 0 Å². The smallest absolute Gasteiger partial charge is 0.0603 e. The van der Waals surface area contributed by atoms with Crippen molar-refractivity contribution in [3.63, 3.8) is 0 Å². The Morgan fingerprint density at radius 1 is 0.741 bits per heavy atom. The zero-order valence-electron chi connectivity index (χ0n) is 18.3. The van der Waals surface area contributed by atoms with Gasteiger partial charge < -0.3 is 14.2 Å². The van der Waals surface area contributed by atoms with Crippen molar-refractivity contribution in [1.29, 1.82) is 0 Å².